The third kappa shape index (κ3) is 2.87. The molecule has 0 spiro atoms. The molecular weight excluding hydrogens is 242 g/mol. The quantitative estimate of drug-likeness (QED) is 0.667. The van der Waals surface area contributed by atoms with E-state index in [1.54, 1.807) is 12.1 Å². The van der Waals surface area contributed by atoms with Crippen LogP contribution in [-0.2, 0) is 0 Å². The summed E-state index contributed by atoms with van der Waals surface area (Å²) in [5.41, 5.74) is 0.980. The number of rotatable bonds is 4. The Labute approximate surface area is 112 Å². The van der Waals surface area contributed by atoms with Crippen molar-refractivity contribution in [2.75, 3.05) is 18.0 Å². The van der Waals surface area contributed by atoms with Gasteiger partial charge in [-0.05, 0) is 31.7 Å². The second kappa shape index (κ2) is 5.17. The minimum absolute atomic E-state index is 0.219. The molecule has 2 aliphatic rings. The number of benzene rings is 1. The number of para-hydroxylation sites is 2. The molecule has 19 heavy (non-hydrogen) atoms. The third-order valence-corrected chi connectivity index (χ3v) is 3.96. The monoisotopic (exact) mass is 261 g/mol. The fourth-order valence-electron chi connectivity index (χ4n) is 2.76. The lowest BCUT2D eigenvalue weighted by atomic mass is 10.0. The largest absolute Gasteiger partial charge is 0.366 e. The average molecular weight is 261 g/mol. The minimum atomic E-state index is -0.288. The normalized spacial score (nSPS) is 20.5. The molecule has 0 bridgehead atoms. The van der Waals surface area contributed by atoms with Crippen molar-refractivity contribution in [1.82, 2.24) is 5.32 Å². The van der Waals surface area contributed by atoms with Crippen molar-refractivity contribution in [2.45, 2.75) is 37.8 Å². The minimum Gasteiger partial charge on any atom is -0.366 e. The van der Waals surface area contributed by atoms with Gasteiger partial charge in [-0.25, -0.2) is 0 Å². The highest BCUT2D eigenvalue weighted by Crippen LogP contribution is 2.30. The number of piperidine rings is 1. The molecule has 1 saturated carbocycles. The van der Waals surface area contributed by atoms with E-state index in [9.17, 15) is 10.1 Å². The molecular formula is C14H19N3O2. The molecule has 2 fully saturated rings. The molecule has 1 aromatic rings. The molecule has 5 heteroatoms. The van der Waals surface area contributed by atoms with E-state index in [-0.39, 0.29) is 10.6 Å². The average Bonchev–Trinajstić information content (AvgIpc) is 3.23. The van der Waals surface area contributed by atoms with Crippen LogP contribution in [0.5, 0.6) is 0 Å². The fourth-order valence-corrected chi connectivity index (χ4v) is 2.76. The molecule has 1 saturated heterocycles. The van der Waals surface area contributed by atoms with Crippen molar-refractivity contribution >= 4 is 11.4 Å². The molecule has 3 rings (SSSR count). The standard InChI is InChI=1S/C14H19N3O2/c18-17(19)14-4-2-1-3-13(14)16-9-7-12(8-10-16)15-11-5-6-11/h1-4,11-12,15H,5-10H2. The van der Waals surface area contributed by atoms with Gasteiger partial charge in [0.05, 0.1) is 4.92 Å². The molecule has 0 amide bonds. The van der Waals surface area contributed by atoms with Gasteiger partial charge in [0.25, 0.3) is 5.69 Å². The van der Waals surface area contributed by atoms with Crippen LogP contribution in [-0.4, -0.2) is 30.1 Å². The highest BCUT2D eigenvalue weighted by atomic mass is 16.6. The Kier molecular flexibility index (Phi) is 3.38. The van der Waals surface area contributed by atoms with Crippen molar-refractivity contribution < 1.29 is 4.92 Å². The topological polar surface area (TPSA) is 58.4 Å². The summed E-state index contributed by atoms with van der Waals surface area (Å²) in [7, 11) is 0. The number of nitro benzene ring substituents is 1. The summed E-state index contributed by atoms with van der Waals surface area (Å²) in [6, 6.07) is 8.37. The number of anilines is 1. The third-order valence-electron chi connectivity index (χ3n) is 3.96. The van der Waals surface area contributed by atoms with Crippen LogP contribution in [0.2, 0.25) is 0 Å². The van der Waals surface area contributed by atoms with Crippen LogP contribution in [0.3, 0.4) is 0 Å². The van der Waals surface area contributed by atoms with Gasteiger partial charge in [0.15, 0.2) is 0 Å². The van der Waals surface area contributed by atoms with Gasteiger partial charge in [-0.2, -0.15) is 0 Å². The predicted octanol–water partition coefficient (Wildman–Crippen LogP) is 2.32. The number of hydrogen-bond acceptors (Lipinski definition) is 4. The maximum atomic E-state index is 11.0. The fraction of sp³-hybridized carbons (Fsp3) is 0.571. The van der Waals surface area contributed by atoms with E-state index < -0.39 is 0 Å². The Morgan fingerprint density at radius 1 is 1.11 bits per heavy atom. The van der Waals surface area contributed by atoms with Crippen molar-refractivity contribution in [3.8, 4) is 0 Å². The summed E-state index contributed by atoms with van der Waals surface area (Å²) in [4.78, 5) is 12.9. The van der Waals surface area contributed by atoms with Crippen LogP contribution in [0.4, 0.5) is 11.4 Å². The van der Waals surface area contributed by atoms with Crippen LogP contribution < -0.4 is 10.2 Å². The van der Waals surface area contributed by atoms with Gasteiger partial charge in [0.1, 0.15) is 5.69 Å². The Morgan fingerprint density at radius 2 is 1.74 bits per heavy atom. The van der Waals surface area contributed by atoms with Gasteiger partial charge in [0, 0.05) is 31.2 Å². The molecule has 0 atom stereocenters. The first-order chi connectivity index (χ1) is 9.24. The van der Waals surface area contributed by atoms with E-state index >= 15 is 0 Å². The number of hydrogen-bond donors (Lipinski definition) is 1. The summed E-state index contributed by atoms with van der Waals surface area (Å²) in [5.74, 6) is 0. The van der Waals surface area contributed by atoms with Crippen molar-refractivity contribution in [3.63, 3.8) is 0 Å². The van der Waals surface area contributed by atoms with Crippen LogP contribution in [0.15, 0.2) is 24.3 Å². The zero-order chi connectivity index (χ0) is 13.2. The smallest absolute Gasteiger partial charge is 0.292 e. The maximum Gasteiger partial charge on any atom is 0.292 e. The maximum absolute atomic E-state index is 11.0. The van der Waals surface area contributed by atoms with Gasteiger partial charge in [-0.3, -0.25) is 10.1 Å². The summed E-state index contributed by atoms with van der Waals surface area (Å²) in [6.07, 6.45) is 4.76. The van der Waals surface area contributed by atoms with E-state index in [1.165, 1.54) is 12.8 Å². The van der Waals surface area contributed by atoms with Gasteiger partial charge >= 0.3 is 0 Å². The molecule has 1 heterocycles. The second-order valence-corrected chi connectivity index (χ2v) is 5.45. The molecule has 5 nitrogen and oxygen atoms in total. The summed E-state index contributed by atoms with van der Waals surface area (Å²) in [6.45, 7) is 1.80. The first-order valence-corrected chi connectivity index (χ1v) is 6.98. The lowest BCUT2D eigenvalue weighted by Crippen LogP contribution is -2.43. The number of nitrogens with zero attached hydrogens (tertiary/aromatic N) is 2. The van der Waals surface area contributed by atoms with Crippen LogP contribution in [0, 0.1) is 10.1 Å². The molecule has 1 N–H and O–H groups in total. The molecule has 1 aliphatic heterocycles. The Bertz CT molecular complexity index is 466. The number of nitrogens with one attached hydrogen (secondary N) is 1. The summed E-state index contributed by atoms with van der Waals surface area (Å²) >= 11 is 0. The number of nitro groups is 1. The van der Waals surface area contributed by atoms with E-state index in [0.717, 1.165) is 37.7 Å². The Hall–Kier alpha value is -1.62. The summed E-state index contributed by atoms with van der Waals surface area (Å²) in [5, 5.41) is 14.7. The molecule has 0 aromatic heterocycles. The zero-order valence-electron chi connectivity index (χ0n) is 10.9. The lowest BCUT2D eigenvalue weighted by molar-refractivity contribution is -0.384. The van der Waals surface area contributed by atoms with Crippen LogP contribution >= 0.6 is 0 Å². The highest BCUT2D eigenvalue weighted by Gasteiger charge is 2.28. The van der Waals surface area contributed by atoms with Crippen molar-refractivity contribution in [2.24, 2.45) is 0 Å². The van der Waals surface area contributed by atoms with Crippen LogP contribution in [0.1, 0.15) is 25.7 Å². The predicted molar refractivity (Wildman–Crippen MR) is 74.5 cm³/mol. The highest BCUT2D eigenvalue weighted by molar-refractivity contribution is 5.63. The van der Waals surface area contributed by atoms with Gasteiger partial charge in [-0.15, -0.1) is 0 Å². The van der Waals surface area contributed by atoms with Gasteiger partial charge in [0.2, 0.25) is 0 Å². The molecule has 0 unspecified atom stereocenters. The first-order valence-electron chi connectivity index (χ1n) is 6.98. The van der Waals surface area contributed by atoms with E-state index in [1.807, 2.05) is 12.1 Å². The molecule has 102 valence electrons. The van der Waals surface area contributed by atoms with Crippen molar-refractivity contribution in [3.05, 3.63) is 34.4 Å². The van der Waals surface area contributed by atoms with Gasteiger partial charge < -0.3 is 10.2 Å². The van der Waals surface area contributed by atoms with E-state index in [4.69, 9.17) is 0 Å². The summed E-state index contributed by atoms with van der Waals surface area (Å²) < 4.78 is 0. The molecule has 1 aromatic carbocycles. The second-order valence-electron chi connectivity index (χ2n) is 5.45. The first kappa shape index (κ1) is 12.4. The van der Waals surface area contributed by atoms with Crippen molar-refractivity contribution in [1.29, 1.82) is 0 Å². The van der Waals surface area contributed by atoms with E-state index in [0.29, 0.717) is 6.04 Å². The SMILES string of the molecule is O=[N+]([O-])c1ccccc1N1CCC(NC2CC2)CC1. The lowest BCUT2D eigenvalue weighted by Gasteiger charge is -2.33. The Balaban J connectivity index is 1.65. The van der Waals surface area contributed by atoms with E-state index in [2.05, 4.69) is 10.2 Å². The van der Waals surface area contributed by atoms with Gasteiger partial charge in [-0.1, -0.05) is 12.1 Å². The Morgan fingerprint density at radius 3 is 2.37 bits per heavy atom. The molecule has 0 radical (unpaired) electrons. The zero-order valence-corrected chi connectivity index (χ0v) is 10.9. The van der Waals surface area contributed by atoms with Crippen LogP contribution in [0.25, 0.3) is 0 Å². The molecule has 1 aliphatic carbocycles.